The van der Waals surface area contributed by atoms with E-state index in [9.17, 15) is 9.59 Å². The summed E-state index contributed by atoms with van der Waals surface area (Å²) in [6.45, 7) is 3.41. The molecule has 0 bridgehead atoms. The summed E-state index contributed by atoms with van der Waals surface area (Å²) in [5.41, 5.74) is 2.93. The van der Waals surface area contributed by atoms with Crippen LogP contribution in [0.15, 0.2) is 43.0 Å². The Hall–Kier alpha value is -2.89. The van der Waals surface area contributed by atoms with Gasteiger partial charge in [0, 0.05) is 36.8 Å². The number of benzene rings is 1. The average molecular weight is 338 g/mol. The number of carbonyl (C=O) groups excluding carboxylic acids is 2. The summed E-state index contributed by atoms with van der Waals surface area (Å²) in [6, 6.07) is 9.40. The van der Waals surface area contributed by atoms with Gasteiger partial charge in [0.1, 0.15) is 0 Å². The Labute approximate surface area is 146 Å². The molecule has 1 fully saturated rings. The fourth-order valence-corrected chi connectivity index (χ4v) is 2.72. The molecule has 0 spiro atoms. The third-order valence-electron chi connectivity index (χ3n) is 4.23. The zero-order chi connectivity index (χ0) is 17.8. The van der Waals surface area contributed by atoms with Crippen LogP contribution in [0.4, 0.5) is 11.5 Å². The maximum atomic E-state index is 12.1. The molecular formula is C19H22N4O2. The Morgan fingerprint density at radius 2 is 2.00 bits per heavy atom. The van der Waals surface area contributed by atoms with Crippen molar-refractivity contribution in [1.29, 1.82) is 0 Å². The fraction of sp³-hybridized carbons (Fsp3) is 0.316. The van der Waals surface area contributed by atoms with Crippen LogP contribution in [-0.4, -0.2) is 21.6 Å². The molecule has 1 aromatic heterocycles. The number of nitrogens with zero attached hydrogens (tertiary/aromatic N) is 2. The van der Waals surface area contributed by atoms with Gasteiger partial charge in [-0.3, -0.25) is 14.3 Å². The molecule has 3 rings (SSSR count). The molecule has 25 heavy (non-hydrogen) atoms. The number of aryl methyl sites for hydroxylation is 2. The molecule has 0 radical (unpaired) electrons. The predicted octanol–water partition coefficient (Wildman–Crippen LogP) is 2.99. The lowest BCUT2D eigenvalue weighted by Gasteiger charge is -2.05. The van der Waals surface area contributed by atoms with Crippen molar-refractivity contribution < 1.29 is 9.59 Å². The van der Waals surface area contributed by atoms with Gasteiger partial charge in [0.2, 0.25) is 11.8 Å². The smallest absolute Gasteiger partial charge is 0.247 e. The first-order valence-electron chi connectivity index (χ1n) is 8.41. The van der Waals surface area contributed by atoms with Crippen molar-refractivity contribution in [2.24, 2.45) is 7.05 Å². The Balaban J connectivity index is 1.49. The quantitative estimate of drug-likeness (QED) is 0.762. The molecule has 0 saturated heterocycles. The van der Waals surface area contributed by atoms with Crippen LogP contribution in [0, 0.1) is 0 Å². The number of carbonyl (C=O) groups is 2. The lowest BCUT2D eigenvalue weighted by molar-refractivity contribution is -0.116. The first kappa shape index (κ1) is 17.0. The van der Waals surface area contributed by atoms with Gasteiger partial charge in [-0.05, 0) is 43.0 Å². The van der Waals surface area contributed by atoms with Crippen LogP contribution in [0.1, 0.15) is 36.4 Å². The van der Waals surface area contributed by atoms with Crippen LogP contribution in [0.2, 0.25) is 0 Å². The lowest BCUT2D eigenvalue weighted by atomic mass is 10.1. The van der Waals surface area contributed by atoms with Gasteiger partial charge in [0.15, 0.2) is 5.82 Å². The summed E-state index contributed by atoms with van der Waals surface area (Å²) in [7, 11) is 1.91. The molecule has 1 saturated carbocycles. The normalized spacial score (nSPS) is 13.3. The van der Waals surface area contributed by atoms with Crippen LogP contribution in [0.5, 0.6) is 0 Å². The minimum Gasteiger partial charge on any atom is -0.323 e. The molecule has 0 unspecified atom stereocenters. The second-order valence-corrected chi connectivity index (χ2v) is 6.29. The van der Waals surface area contributed by atoms with E-state index >= 15 is 0 Å². The summed E-state index contributed by atoms with van der Waals surface area (Å²) in [5.74, 6) is 0.928. The van der Waals surface area contributed by atoms with Gasteiger partial charge in [0.05, 0.1) is 0 Å². The summed E-state index contributed by atoms with van der Waals surface area (Å²) < 4.78 is 1.85. The van der Waals surface area contributed by atoms with E-state index in [-0.39, 0.29) is 11.8 Å². The maximum absolute atomic E-state index is 12.1. The SMILES string of the molecule is C=CC(=O)Nc1ccc(CCC(=O)Nc2cc(C3CC3)n(C)n2)cc1. The zero-order valence-corrected chi connectivity index (χ0v) is 14.3. The van der Waals surface area contributed by atoms with E-state index in [1.54, 1.807) is 0 Å². The number of anilines is 2. The summed E-state index contributed by atoms with van der Waals surface area (Å²) in [4.78, 5) is 23.4. The summed E-state index contributed by atoms with van der Waals surface area (Å²) in [6.07, 6.45) is 4.65. The molecule has 1 aliphatic rings. The standard InChI is InChI=1S/C19H22N4O2/c1-3-18(24)20-15-9-4-13(5-10-15)6-11-19(25)21-17-12-16(14-7-8-14)23(2)22-17/h3-5,9-10,12,14H,1,6-8,11H2,2H3,(H,20,24)(H,21,22,25). The van der Waals surface area contributed by atoms with Gasteiger partial charge in [-0.2, -0.15) is 5.10 Å². The monoisotopic (exact) mass is 338 g/mol. The van der Waals surface area contributed by atoms with Crippen LogP contribution >= 0.6 is 0 Å². The van der Waals surface area contributed by atoms with E-state index in [4.69, 9.17) is 0 Å². The number of amides is 2. The second kappa shape index (κ2) is 7.34. The highest BCUT2D eigenvalue weighted by Crippen LogP contribution is 2.40. The van der Waals surface area contributed by atoms with Gasteiger partial charge < -0.3 is 10.6 Å². The van der Waals surface area contributed by atoms with Crippen LogP contribution in [0.3, 0.4) is 0 Å². The zero-order valence-electron chi connectivity index (χ0n) is 14.3. The molecule has 2 amide bonds. The largest absolute Gasteiger partial charge is 0.323 e. The first-order chi connectivity index (χ1) is 12.0. The molecule has 1 aromatic carbocycles. The van der Waals surface area contributed by atoms with Crippen molar-refractivity contribution in [2.45, 2.75) is 31.6 Å². The van der Waals surface area contributed by atoms with Crippen molar-refractivity contribution >= 4 is 23.3 Å². The highest BCUT2D eigenvalue weighted by molar-refractivity contribution is 5.98. The fourth-order valence-electron chi connectivity index (χ4n) is 2.72. The third kappa shape index (κ3) is 4.56. The minimum absolute atomic E-state index is 0.0514. The van der Waals surface area contributed by atoms with E-state index in [2.05, 4.69) is 22.3 Å². The van der Waals surface area contributed by atoms with Crippen molar-refractivity contribution in [3.05, 3.63) is 54.2 Å². The number of nitrogens with one attached hydrogen (secondary N) is 2. The molecule has 2 aromatic rings. The molecule has 1 heterocycles. The van der Waals surface area contributed by atoms with E-state index in [0.717, 1.165) is 5.56 Å². The second-order valence-electron chi connectivity index (χ2n) is 6.29. The van der Waals surface area contributed by atoms with Gasteiger partial charge in [-0.15, -0.1) is 0 Å². The van der Waals surface area contributed by atoms with Crippen LogP contribution in [-0.2, 0) is 23.1 Å². The average Bonchev–Trinajstić information content (AvgIpc) is 3.38. The van der Waals surface area contributed by atoms with E-state index < -0.39 is 0 Å². The Morgan fingerprint density at radius 3 is 2.64 bits per heavy atom. The summed E-state index contributed by atoms with van der Waals surface area (Å²) in [5, 5.41) is 9.90. The Morgan fingerprint density at radius 1 is 1.28 bits per heavy atom. The van der Waals surface area contributed by atoms with Crippen LogP contribution < -0.4 is 10.6 Å². The van der Waals surface area contributed by atoms with Crippen molar-refractivity contribution in [2.75, 3.05) is 10.6 Å². The Bertz CT molecular complexity index is 788. The topological polar surface area (TPSA) is 76.0 Å². The highest BCUT2D eigenvalue weighted by atomic mass is 16.2. The molecule has 6 nitrogen and oxygen atoms in total. The third-order valence-corrected chi connectivity index (χ3v) is 4.23. The number of hydrogen-bond donors (Lipinski definition) is 2. The molecule has 0 atom stereocenters. The molecule has 1 aliphatic carbocycles. The molecule has 130 valence electrons. The van der Waals surface area contributed by atoms with Gasteiger partial charge >= 0.3 is 0 Å². The maximum Gasteiger partial charge on any atom is 0.247 e. The number of rotatable bonds is 7. The van der Waals surface area contributed by atoms with E-state index in [0.29, 0.717) is 30.3 Å². The Kier molecular flexibility index (Phi) is 4.97. The molecule has 0 aliphatic heterocycles. The number of hydrogen-bond acceptors (Lipinski definition) is 3. The molecule has 2 N–H and O–H groups in total. The van der Waals surface area contributed by atoms with E-state index in [1.807, 2.05) is 42.1 Å². The van der Waals surface area contributed by atoms with Crippen LogP contribution in [0.25, 0.3) is 0 Å². The predicted molar refractivity (Wildman–Crippen MR) is 97.4 cm³/mol. The summed E-state index contributed by atoms with van der Waals surface area (Å²) >= 11 is 0. The lowest BCUT2D eigenvalue weighted by Crippen LogP contribution is -2.13. The van der Waals surface area contributed by atoms with Gasteiger partial charge in [-0.25, -0.2) is 0 Å². The van der Waals surface area contributed by atoms with Crippen molar-refractivity contribution in [1.82, 2.24) is 9.78 Å². The van der Waals surface area contributed by atoms with Gasteiger partial charge in [0.25, 0.3) is 0 Å². The number of aromatic nitrogens is 2. The van der Waals surface area contributed by atoms with Crippen molar-refractivity contribution in [3.8, 4) is 0 Å². The molecular weight excluding hydrogens is 316 g/mol. The van der Waals surface area contributed by atoms with Gasteiger partial charge in [-0.1, -0.05) is 18.7 Å². The highest BCUT2D eigenvalue weighted by Gasteiger charge is 2.27. The van der Waals surface area contributed by atoms with Crippen molar-refractivity contribution in [3.63, 3.8) is 0 Å². The van der Waals surface area contributed by atoms with E-state index in [1.165, 1.54) is 24.6 Å². The minimum atomic E-state index is -0.243. The molecule has 6 heteroatoms. The first-order valence-corrected chi connectivity index (χ1v) is 8.41.